The predicted molar refractivity (Wildman–Crippen MR) is 108 cm³/mol. The Hall–Kier alpha value is -3.48. The molecule has 142 valence electrons. The molecule has 4 aromatic rings. The van der Waals surface area contributed by atoms with Gasteiger partial charge in [0.1, 0.15) is 12.2 Å². The van der Waals surface area contributed by atoms with Gasteiger partial charge in [0.25, 0.3) is 5.91 Å². The van der Waals surface area contributed by atoms with Gasteiger partial charge in [-0.2, -0.15) is 5.10 Å². The first-order valence-electron chi connectivity index (χ1n) is 9.25. The average Bonchev–Trinajstić information content (AvgIpc) is 3.35. The van der Waals surface area contributed by atoms with E-state index in [0.717, 1.165) is 22.4 Å². The Bertz CT molecular complexity index is 1110. The lowest BCUT2D eigenvalue weighted by Crippen LogP contribution is -2.32. The summed E-state index contributed by atoms with van der Waals surface area (Å²) in [7, 11) is 0. The van der Waals surface area contributed by atoms with Crippen LogP contribution in [0.15, 0.2) is 48.8 Å². The van der Waals surface area contributed by atoms with Gasteiger partial charge in [-0.1, -0.05) is 38.1 Å². The standard InChI is InChI=1S/C21H22N6O/c1-12(2)18(20-24-16-9-8-13(3)10-17(16)25-20)26-21(28)15-7-5-4-6-14(15)19-22-11-23-27-19/h4-12,18H,1-3H3,(H,24,25)(H,26,28)(H,22,23,27)/t18-/m1/s1. The first-order valence-corrected chi connectivity index (χ1v) is 9.25. The molecule has 2 aromatic carbocycles. The van der Waals surface area contributed by atoms with Crippen molar-refractivity contribution in [1.29, 1.82) is 0 Å². The predicted octanol–water partition coefficient (Wildman–Crippen LogP) is 3.78. The summed E-state index contributed by atoms with van der Waals surface area (Å²) in [5, 5.41) is 9.84. The maximum atomic E-state index is 13.1. The second-order valence-corrected chi connectivity index (χ2v) is 7.22. The van der Waals surface area contributed by atoms with Gasteiger partial charge in [-0.15, -0.1) is 0 Å². The average molecular weight is 374 g/mol. The van der Waals surface area contributed by atoms with Crippen molar-refractivity contribution in [3.63, 3.8) is 0 Å². The van der Waals surface area contributed by atoms with Crippen LogP contribution in [0.4, 0.5) is 0 Å². The molecule has 0 saturated carbocycles. The summed E-state index contributed by atoms with van der Waals surface area (Å²) in [6.45, 7) is 6.17. The summed E-state index contributed by atoms with van der Waals surface area (Å²) in [5.41, 5.74) is 4.27. The summed E-state index contributed by atoms with van der Waals surface area (Å²) < 4.78 is 0. The molecule has 1 atom stereocenters. The maximum Gasteiger partial charge on any atom is 0.252 e. The molecule has 1 amide bonds. The van der Waals surface area contributed by atoms with Gasteiger partial charge in [0.05, 0.1) is 22.6 Å². The quantitative estimate of drug-likeness (QED) is 0.495. The molecule has 0 aliphatic heterocycles. The van der Waals surface area contributed by atoms with E-state index in [1.54, 1.807) is 6.07 Å². The number of carbonyl (C=O) groups excluding carboxylic acids is 1. The number of H-pyrrole nitrogens is 2. The molecule has 2 aromatic heterocycles. The molecular weight excluding hydrogens is 352 g/mol. The fourth-order valence-corrected chi connectivity index (χ4v) is 3.28. The molecule has 0 radical (unpaired) electrons. The number of nitrogens with one attached hydrogen (secondary N) is 3. The molecule has 2 heterocycles. The number of amides is 1. The van der Waals surface area contributed by atoms with Gasteiger partial charge in [0.15, 0.2) is 5.82 Å². The van der Waals surface area contributed by atoms with Crippen LogP contribution >= 0.6 is 0 Å². The Kier molecular flexibility index (Phi) is 4.65. The topological polar surface area (TPSA) is 99.3 Å². The van der Waals surface area contributed by atoms with Crippen molar-refractivity contribution in [1.82, 2.24) is 30.5 Å². The number of benzene rings is 2. The lowest BCUT2D eigenvalue weighted by Gasteiger charge is -2.21. The van der Waals surface area contributed by atoms with E-state index in [1.165, 1.54) is 6.33 Å². The van der Waals surface area contributed by atoms with Crippen molar-refractivity contribution in [2.75, 3.05) is 0 Å². The summed E-state index contributed by atoms with van der Waals surface area (Å²) in [5.74, 6) is 1.29. The summed E-state index contributed by atoms with van der Waals surface area (Å²) in [6.07, 6.45) is 1.43. The number of aromatic amines is 2. The second kappa shape index (κ2) is 7.26. The minimum absolute atomic E-state index is 0.156. The van der Waals surface area contributed by atoms with E-state index in [4.69, 9.17) is 4.98 Å². The van der Waals surface area contributed by atoms with Gasteiger partial charge >= 0.3 is 0 Å². The number of aryl methyl sites for hydroxylation is 1. The van der Waals surface area contributed by atoms with Crippen LogP contribution in [0.5, 0.6) is 0 Å². The van der Waals surface area contributed by atoms with Crippen molar-refractivity contribution >= 4 is 16.9 Å². The molecule has 7 heteroatoms. The van der Waals surface area contributed by atoms with E-state index in [9.17, 15) is 4.79 Å². The molecular formula is C21H22N6O. The normalized spacial score (nSPS) is 12.4. The van der Waals surface area contributed by atoms with E-state index in [-0.39, 0.29) is 17.9 Å². The summed E-state index contributed by atoms with van der Waals surface area (Å²) in [4.78, 5) is 25.3. The van der Waals surface area contributed by atoms with Crippen LogP contribution < -0.4 is 5.32 Å². The number of hydrogen-bond donors (Lipinski definition) is 3. The van der Waals surface area contributed by atoms with E-state index >= 15 is 0 Å². The minimum atomic E-state index is -0.247. The molecule has 28 heavy (non-hydrogen) atoms. The van der Waals surface area contributed by atoms with Crippen LogP contribution in [-0.4, -0.2) is 31.1 Å². The number of nitrogens with zero attached hydrogens (tertiary/aromatic N) is 3. The number of aromatic nitrogens is 5. The number of fused-ring (bicyclic) bond motifs is 1. The van der Waals surface area contributed by atoms with Gasteiger partial charge < -0.3 is 10.3 Å². The molecule has 3 N–H and O–H groups in total. The minimum Gasteiger partial charge on any atom is -0.342 e. The van der Waals surface area contributed by atoms with Crippen LogP contribution in [0.3, 0.4) is 0 Å². The third-order valence-electron chi connectivity index (χ3n) is 4.75. The van der Waals surface area contributed by atoms with Crippen molar-refractivity contribution in [2.24, 2.45) is 5.92 Å². The van der Waals surface area contributed by atoms with Crippen LogP contribution in [0.2, 0.25) is 0 Å². The number of hydrogen-bond acceptors (Lipinski definition) is 4. The highest BCUT2D eigenvalue weighted by atomic mass is 16.1. The Morgan fingerprint density at radius 3 is 2.71 bits per heavy atom. The highest BCUT2D eigenvalue weighted by Crippen LogP contribution is 2.25. The van der Waals surface area contributed by atoms with E-state index in [0.29, 0.717) is 17.0 Å². The van der Waals surface area contributed by atoms with Crippen LogP contribution in [0.1, 0.15) is 41.6 Å². The lowest BCUT2D eigenvalue weighted by molar-refractivity contribution is 0.0924. The van der Waals surface area contributed by atoms with Gasteiger partial charge in [-0.05, 0) is 36.6 Å². The Labute approximate surface area is 162 Å². The van der Waals surface area contributed by atoms with Crippen LogP contribution in [0.25, 0.3) is 22.4 Å². The smallest absolute Gasteiger partial charge is 0.252 e. The number of imidazole rings is 1. The van der Waals surface area contributed by atoms with Crippen molar-refractivity contribution in [3.8, 4) is 11.4 Å². The zero-order valence-corrected chi connectivity index (χ0v) is 16.0. The fraction of sp³-hybridized carbons (Fsp3) is 0.238. The molecule has 4 rings (SSSR count). The lowest BCUT2D eigenvalue weighted by atomic mass is 10.0. The highest BCUT2D eigenvalue weighted by molar-refractivity contribution is 6.00. The summed E-state index contributed by atoms with van der Waals surface area (Å²) in [6, 6.07) is 13.2. The Balaban J connectivity index is 1.66. The zero-order chi connectivity index (χ0) is 19.7. The van der Waals surface area contributed by atoms with Gasteiger partial charge in [0.2, 0.25) is 0 Å². The molecule has 0 fully saturated rings. The molecule has 0 aliphatic rings. The van der Waals surface area contributed by atoms with Gasteiger partial charge in [-0.25, -0.2) is 9.97 Å². The monoisotopic (exact) mass is 374 g/mol. The maximum absolute atomic E-state index is 13.1. The van der Waals surface area contributed by atoms with Crippen LogP contribution in [-0.2, 0) is 0 Å². The molecule has 0 unspecified atom stereocenters. The Morgan fingerprint density at radius 2 is 1.96 bits per heavy atom. The number of carbonyl (C=O) groups is 1. The third-order valence-corrected chi connectivity index (χ3v) is 4.75. The van der Waals surface area contributed by atoms with Gasteiger partial charge in [-0.3, -0.25) is 9.89 Å². The van der Waals surface area contributed by atoms with Gasteiger partial charge in [0, 0.05) is 5.56 Å². The molecule has 0 bridgehead atoms. The van der Waals surface area contributed by atoms with Crippen LogP contribution in [0, 0.1) is 12.8 Å². The molecule has 7 nitrogen and oxygen atoms in total. The molecule has 0 saturated heterocycles. The largest absolute Gasteiger partial charge is 0.342 e. The molecule has 0 aliphatic carbocycles. The first kappa shape index (κ1) is 17.9. The van der Waals surface area contributed by atoms with E-state index in [2.05, 4.69) is 45.4 Å². The van der Waals surface area contributed by atoms with E-state index in [1.807, 2.05) is 37.3 Å². The Morgan fingerprint density at radius 1 is 1.14 bits per heavy atom. The molecule has 0 spiro atoms. The third kappa shape index (κ3) is 3.38. The summed E-state index contributed by atoms with van der Waals surface area (Å²) >= 11 is 0. The SMILES string of the molecule is Cc1ccc2nc([C@H](NC(=O)c3ccccc3-c3ncn[nH]3)C(C)C)[nH]c2c1. The van der Waals surface area contributed by atoms with E-state index < -0.39 is 0 Å². The number of rotatable bonds is 5. The fourth-order valence-electron chi connectivity index (χ4n) is 3.28. The van der Waals surface area contributed by atoms with Crippen molar-refractivity contribution < 1.29 is 4.79 Å². The van der Waals surface area contributed by atoms with Crippen molar-refractivity contribution in [3.05, 3.63) is 65.7 Å². The zero-order valence-electron chi connectivity index (χ0n) is 16.0. The second-order valence-electron chi connectivity index (χ2n) is 7.22. The highest BCUT2D eigenvalue weighted by Gasteiger charge is 2.24. The van der Waals surface area contributed by atoms with Crippen molar-refractivity contribution in [2.45, 2.75) is 26.8 Å². The first-order chi connectivity index (χ1) is 13.5.